The second-order valence-electron chi connectivity index (χ2n) is 9.89. The fourth-order valence-corrected chi connectivity index (χ4v) is 7.13. The molecule has 8 nitrogen and oxygen atoms in total. The van der Waals surface area contributed by atoms with Gasteiger partial charge in [0, 0.05) is 34.9 Å². The molecule has 0 spiro atoms. The molecule has 0 aliphatic carbocycles. The molecule has 2 N–H and O–H groups in total. The van der Waals surface area contributed by atoms with E-state index in [-0.39, 0.29) is 17.5 Å². The number of thiophene rings is 1. The average molecular weight is 590 g/mol. The van der Waals surface area contributed by atoms with Gasteiger partial charge in [0.15, 0.2) is 0 Å². The fraction of sp³-hybridized carbons (Fsp3) is 0.233. The summed E-state index contributed by atoms with van der Waals surface area (Å²) in [5, 5.41) is 2.73. The Morgan fingerprint density at radius 1 is 1.07 bits per heavy atom. The first-order chi connectivity index (χ1) is 19.9. The molecule has 11 heteroatoms. The van der Waals surface area contributed by atoms with E-state index in [0.29, 0.717) is 60.3 Å². The van der Waals surface area contributed by atoms with Gasteiger partial charge in [-0.25, -0.2) is 9.37 Å². The number of amides is 2. The SMILES string of the molecule is Cc1cccc(F)c1NC(=O)c1cc2c(s1)-c1ccccc1N(C(=O)c1cccc(N3CCN[S+]([O-])CC3)n1)CC2. The van der Waals surface area contributed by atoms with E-state index >= 15 is 0 Å². The Morgan fingerprint density at radius 3 is 2.76 bits per heavy atom. The summed E-state index contributed by atoms with van der Waals surface area (Å²) in [5.74, 6) is 0.117. The molecule has 2 aliphatic heterocycles. The fourth-order valence-electron chi connectivity index (χ4n) is 5.14. The number of carbonyl (C=O) groups is 2. The van der Waals surface area contributed by atoms with Gasteiger partial charge in [-0.05, 0) is 54.8 Å². The Morgan fingerprint density at radius 2 is 1.90 bits per heavy atom. The van der Waals surface area contributed by atoms with Gasteiger partial charge in [-0.1, -0.05) is 36.4 Å². The Kier molecular flexibility index (Phi) is 7.76. The quantitative estimate of drug-likeness (QED) is 0.332. The predicted octanol–water partition coefficient (Wildman–Crippen LogP) is 4.79. The van der Waals surface area contributed by atoms with Crippen molar-refractivity contribution in [3.63, 3.8) is 0 Å². The number of fused-ring (bicyclic) bond motifs is 3. The van der Waals surface area contributed by atoms with Gasteiger partial charge in [0.05, 0.1) is 29.3 Å². The van der Waals surface area contributed by atoms with Crippen molar-refractivity contribution >= 4 is 51.7 Å². The van der Waals surface area contributed by atoms with Crippen LogP contribution >= 0.6 is 11.3 Å². The zero-order chi connectivity index (χ0) is 28.5. The van der Waals surface area contributed by atoms with E-state index in [9.17, 15) is 18.5 Å². The van der Waals surface area contributed by atoms with Crippen LogP contribution in [0.25, 0.3) is 10.4 Å². The number of nitrogens with one attached hydrogen (secondary N) is 2. The zero-order valence-electron chi connectivity index (χ0n) is 22.4. The third-order valence-corrected chi connectivity index (χ3v) is 9.54. The van der Waals surface area contributed by atoms with Gasteiger partial charge in [0.2, 0.25) is 0 Å². The van der Waals surface area contributed by atoms with Gasteiger partial charge in [0.1, 0.15) is 23.1 Å². The zero-order valence-corrected chi connectivity index (χ0v) is 24.0. The van der Waals surface area contributed by atoms with E-state index in [1.54, 1.807) is 30.0 Å². The molecule has 2 aliphatic rings. The van der Waals surface area contributed by atoms with Crippen molar-refractivity contribution in [1.29, 1.82) is 0 Å². The molecule has 4 heterocycles. The number of nitrogens with zero attached hydrogens (tertiary/aromatic N) is 3. The summed E-state index contributed by atoms with van der Waals surface area (Å²) >= 11 is 0.273. The molecule has 1 saturated heterocycles. The summed E-state index contributed by atoms with van der Waals surface area (Å²) in [6.45, 7) is 3.97. The van der Waals surface area contributed by atoms with Gasteiger partial charge in [0.25, 0.3) is 11.8 Å². The van der Waals surface area contributed by atoms with Crippen LogP contribution in [0.15, 0.2) is 66.7 Å². The highest BCUT2D eigenvalue weighted by Gasteiger charge is 2.29. The Labute approximate surface area is 244 Å². The van der Waals surface area contributed by atoms with E-state index in [1.165, 1.54) is 17.4 Å². The first-order valence-corrected chi connectivity index (χ1v) is 15.5. The molecule has 2 amide bonds. The highest BCUT2D eigenvalue weighted by atomic mass is 32.2. The lowest BCUT2D eigenvalue weighted by Crippen LogP contribution is -2.34. The van der Waals surface area contributed by atoms with E-state index < -0.39 is 17.2 Å². The maximum atomic E-state index is 14.4. The number of rotatable bonds is 4. The number of halogens is 1. The number of para-hydroxylation sites is 2. The molecule has 0 radical (unpaired) electrons. The largest absolute Gasteiger partial charge is 0.598 e. The van der Waals surface area contributed by atoms with Crippen molar-refractivity contribution in [2.45, 2.75) is 13.3 Å². The van der Waals surface area contributed by atoms with Crippen LogP contribution in [0, 0.1) is 12.7 Å². The van der Waals surface area contributed by atoms with Crippen LogP contribution in [0.3, 0.4) is 0 Å². The number of hydrogen-bond donors (Lipinski definition) is 2. The van der Waals surface area contributed by atoms with Crippen molar-refractivity contribution in [1.82, 2.24) is 9.71 Å². The Bertz CT molecular complexity index is 1610. The number of pyridine rings is 1. The molecule has 210 valence electrons. The minimum atomic E-state index is -1.07. The van der Waals surface area contributed by atoms with Crippen LogP contribution in [0.2, 0.25) is 0 Å². The number of anilines is 3. The van der Waals surface area contributed by atoms with Crippen LogP contribution in [-0.2, 0) is 17.8 Å². The molecule has 0 bridgehead atoms. The Hall–Kier alpha value is -3.77. The first kappa shape index (κ1) is 27.4. The van der Waals surface area contributed by atoms with E-state index in [4.69, 9.17) is 4.98 Å². The number of hydrogen-bond acceptors (Lipinski definition) is 7. The van der Waals surface area contributed by atoms with E-state index in [2.05, 4.69) is 10.0 Å². The van der Waals surface area contributed by atoms with Crippen molar-refractivity contribution in [3.05, 3.63) is 94.2 Å². The molecule has 2 aromatic carbocycles. The van der Waals surface area contributed by atoms with Crippen LogP contribution in [0.1, 0.15) is 31.3 Å². The molecule has 1 unspecified atom stereocenters. The smallest absolute Gasteiger partial charge is 0.276 e. The normalized spacial score (nSPS) is 16.8. The van der Waals surface area contributed by atoms with Gasteiger partial charge in [-0.3, -0.25) is 9.59 Å². The van der Waals surface area contributed by atoms with E-state index in [1.807, 2.05) is 47.4 Å². The molecule has 6 rings (SSSR count). The maximum Gasteiger partial charge on any atom is 0.276 e. The molecule has 0 saturated carbocycles. The minimum absolute atomic E-state index is 0.178. The summed E-state index contributed by atoms with van der Waals surface area (Å²) in [6, 6.07) is 19.6. The third-order valence-electron chi connectivity index (χ3n) is 7.25. The van der Waals surface area contributed by atoms with Gasteiger partial charge in [-0.15, -0.1) is 16.1 Å². The molecule has 1 fully saturated rings. The van der Waals surface area contributed by atoms with Gasteiger partial charge >= 0.3 is 0 Å². The highest BCUT2D eigenvalue weighted by Crippen LogP contribution is 2.42. The van der Waals surface area contributed by atoms with Crippen molar-refractivity contribution in [3.8, 4) is 10.4 Å². The van der Waals surface area contributed by atoms with E-state index in [0.717, 1.165) is 21.7 Å². The molecule has 41 heavy (non-hydrogen) atoms. The summed E-state index contributed by atoms with van der Waals surface area (Å²) in [7, 11) is 0. The maximum absolute atomic E-state index is 14.4. The number of aromatic nitrogens is 1. The second kappa shape index (κ2) is 11.6. The predicted molar refractivity (Wildman–Crippen MR) is 162 cm³/mol. The average Bonchev–Trinajstić information content (AvgIpc) is 3.20. The van der Waals surface area contributed by atoms with Crippen molar-refractivity contribution < 1.29 is 18.5 Å². The van der Waals surface area contributed by atoms with Crippen molar-refractivity contribution in [2.24, 2.45) is 0 Å². The van der Waals surface area contributed by atoms with Gasteiger partial charge < -0.3 is 19.7 Å². The first-order valence-electron chi connectivity index (χ1n) is 13.3. The summed E-state index contributed by atoms with van der Waals surface area (Å²) in [6.07, 6.45) is 0.543. The summed E-state index contributed by atoms with van der Waals surface area (Å²) in [4.78, 5) is 36.9. The summed E-state index contributed by atoms with van der Waals surface area (Å²) < 4.78 is 29.2. The molecular formula is C30H28FN5O3S2. The van der Waals surface area contributed by atoms with Crippen molar-refractivity contribution in [2.75, 3.05) is 47.0 Å². The molecular weight excluding hydrogens is 561 g/mol. The topological polar surface area (TPSA) is 101 Å². The lowest BCUT2D eigenvalue weighted by molar-refractivity contribution is 0.0981. The number of benzene rings is 2. The molecule has 4 aromatic rings. The Balaban J connectivity index is 1.28. The molecule has 2 aromatic heterocycles. The minimum Gasteiger partial charge on any atom is -0.598 e. The monoisotopic (exact) mass is 589 g/mol. The lowest BCUT2D eigenvalue weighted by atomic mass is 10.1. The van der Waals surface area contributed by atoms with Crippen LogP contribution in [0.4, 0.5) is 21.6 Å². The second-order valence-corrected chi connectivity index (χ2v) is 12.3. The highest BCUT2D eigenvalue weighted by molar-refractivity contribution is 7.89. The molecule has 1 atom stereocenters. The number of carbonyl (C=O) groups excluding carboxylic acids is 2. The third kappa shape index (κ3) is 5.58. The van der Waals surface area contributed by atoms with Gasteiger partial charge in [-0.2, -0.15) is 0 Å². The number of aryl methyl sites for hydroxylation is 1. The lowest BCUT2D eigenvalue weighted by Gasteiger charge is -2.24. The summed E-state index contributed by atoms with van der Waals surface area (Å²) in [5.41, 5.74) is 3.73. The van der Waals surface area contributed by atoms with Crippen LogP contribution in [0.5, 0.6) is 0 Å². The van der Waals surface area contributed by atoms with Crippen LogP contribution in [-0.4, -0.2) is 53.3 Å². The van der Waals surface area contributed by atoms with Crippen LogP contribution < -0.4 is 19.8 Å². The standard InChI is InChI=1S/C30H28FN5O3S2/c1-19-6-4-8-22(31)27(19)34-29(37)25-18-20-12-14-36(24-10-3-2-7-21(24)28(20)40-25)30(38)23-9-5-11-26(33-23)35-15-13-32-41(39)17-16-35/h2-11,18,32H,12-17H2,1H3,(H,34,37).